The second-order valence-electron chi connectivity index (χ2n) is 5.67. The number of hydrogen-bond acceptors (Lipinski definition) is 4. The van der Waals surface area contributed by atoms with E-state index in [9.17, 15) is 9.90 Å². The minimum absolute atomic E-state index is 0.0158. The van der Waals surface area contributed by atoms with E-state index >= 15 is 0 Å². The predicted octanol–water partition coefficient (Wildman–Crippen LogP) is 3.21. The van der Waals surface area contributed by atoms with Gasteiger partial charge in [-0.2, -0.15) is 0 Å². The summed E-state index contributed by atoms with van der Waals surface area (Å²) in [6.07, 6.45) is 0.0158. The number of rotatable bonds is 5. The van der Waals surface area contributed by atoms with Gasteiger partial charge < -0.3 is 10.4 Å². The summed E-state index contributed by atoms with van der Waals surface area (Å²) in [4.78, 5) is 16.6. The average molecular weight is 326 g/mol. The number of carbonyl (C=O) groups is 1. The zero-order chi connectivity index (χ0) is 16.3. The van der Waals surface area contributed by atoms with Gasteiger partial charge in [0, 0.05) is 0 Å². The van der Waals surface area contributed by atoms with Gasteiger partial charge in [0.05, 0.1) is 28.8 Å². The Hall–Kier alpha value is -2.24. The molecule has 5 heteroatoms. The molecule has 0 spiro atoms. The highest BCUT2D eigenvalue weighted by atomic mass is 32.1. The van der Waals surface area contributed by atoms with Crippen molar-refractivity contribution in [2.45, 2.75) is 25.5 Å². The van der Waals surface area contributed by atoms with Crippen LogP contribution in [0.3, 0.4) is 0 Å². The Balaban J connectivity index is 1.61. The molecule has 1 amide bonds. The molecule has 118 valence electrons. The van der Waals surface area contributed by atoms with Crippen LogP contribution in [0.4, 0.5) is 0 Å². The average Bonchev–Trinajstić information content (AvgIpc) is 2.96. The summed E-state index contributed by atoms with van der Waals surface area (Å²) in [5, 5.41) is 14.2. The van der Waals surface area contributed by atoms with Gasteiger partial charge in [-0.15, -0.1) is 11.3 Å². The maximum Gasteiger partial charge on any atom is 0.223 e. The Morgan fingerprint density at radius 3 is 2.61 bits per heavy atom. The third-order valence-electron chi connectivity index (χ3n) is 3.68. The topological polar surface area (TPSA) is 62.2 Å². The molecule has 4 nitrogen and oxygen atoms in total. The number of amides is 1. The van der Waals surface area contributed by atoms with Gasteiger partial charge in [0.2, 0.25) is 5.91 Å². The van der Waals surface area contributed by atoms with Crippen LogP contribution in [0.1, 0.15) is 23.9 Å². The van der Waals surface area contributed by atoms with E-state index in [1.54, 1.807) is 18.3 Å². The number of nitrogens with zero attached hydrogens (tertiary/aromatic N) is 1. The third kappa shape index (κ3) is 3.75. The molecule has 1 atom stereocenters. The molecule has 0 bridgehead atoms. The summed E-state index contributed by atoms with van der Waals surface area (Å²) in [5.41, 5.74) is 0.493. The molecule has 0 fully saturated rings. The van der Waals surface area contributed by atoms with Gasteiger partial charge in [-0.3, -0.25) is 4.79 Å². The molecular formula is C18H18N2O2S. The van der Waals surface area contributed by atoms with Crippen LogP contribution in [0.15, 0.2) is 54.6 Å². The fourth-order valence-electron chi connectivity index (χ4n) is 2.44. The standard InChI is InChI=1S/C18H18N2O2S/c1-18(22,13-7-3-2-4-8-13)11-16(21)19-12-17-20-14-9-5-6-10-15(14)23-17/h2-10,22H,11-12H2,1H3,(H,19,21). The number of carbonyl (C=O) groups excluding carboxylic acids is 1. The van der Waals surface area contributed by atoms with Crippen LogP contribution in [-0.2, 0) is 16.9 Å². The number of benzene rings is 2. The Morgan fingerprint density at radius 2 is 1.87 bits per heavy atom. The summed E-state index contributed by atoms with van der Waals surface area (Å²) < 4.78 is 1.10. The summed E-state index contributed by atoms with van der Waals surface area (Å²) in [7, 11) is 0. The maximum atomic E-state index is 12.1. The molecule has 1 heterocycles. The smallest absolute Gasteiger partial charge is 0.223 e. The molecule has 0 radical (unpaired) electrons. The molecule has 0 aliphatic rings. The lowest BCUT2D eigenvalue weighted by Crippen LogP contribution is -2.32. The number of fused-ring (bicyclic) bond motifs is 1. The number of hydrogen-bond donors (Lipinski definition) is 2. The lowest BCUT2D eigenvalue weighted by atomic mass is 9.92. The first-order chi connectivity index (χ1) is 11.0. The minimum atomic E-state index is -1.18. The Morgan fingerprint density at radius 1 is 1.17 bits per heavy atom. The predicted molar refractivity (Wildman–Crippen MR) is 92.1 cm³/mol. The largest absolute Gasteiger partial charge is 0.385 e. The van der Waals surface area contributed by atoms with Crippen LogP contribution in [-0.4, -0.2) is 16.0 Å². The molecule has 1 aromatic heterocycles. The SMILES string of the molecule is CC(O)(CC(=O)NCc1nc2ccccc2s1)c1ccccc1. The van der Waals surface area contributed by atoms with E-state index in [0.29, 0.717) is 6.54 Å². The van der Waals surface area contributed by atoms with Gasteiger partial charge in [-0.1, -0.05) is 42.5 Å². The van der Waals surface area contributed by atoms with Gasteiger partial charge in [-0.05, 0) is 24.6 Å². The first-order valence-corrected chi connectivity index (χ1v) is 8.25. The van der Waals surface area contributed by atoms with Crippen molar-refractivity contribution in [3.8, 4) is 0 Å². The Kier molecular flexibility index (Phi) is 4.41. The lowest BCUT2D eigenvalue weighted by molar-refractivity contribution is -0.126. The zero-order valence-corrected chi connectivity index (χ0v) is 13.6. The Labute approximate surface area is 138 Å². The summed E-state index contributed by atoms with van der Waals surface area (Å²) in [6, 6.07) is 17.1. The number of thiazole rings is 1. The molecule has 3 aromatic rings. The van der Waals surface area contributed by atoms with Gasteiger partial charge in [0.25, 0.3) is 0 Å². The molecule has 0 aliphatic heterocycles. The summed E-state index contributed by atoms with van der Waals surface area (Å²) in [5.74, 6) is -0.196. The Bertz CT molecular complexity index is 779. The molecule has 0 saturated carbocycles. The third-order valence-corrected chi connectivity index (χ3v) is 4.71. The molecule has 23 heavy (non-hydrogen) atoms. The maximum absolute atomic E-state index is 12.1. The normalized spacial score (nSPS) is 13.7. The van der Waals surface area contributed by atoms with Crippen molar-refractivity contribution in [3.63, 3.8) is 0 Å². The highest BCUT2D eigenvalue weighted by Gasteiger charge is 2.26. The van der Waals surface area contributed by atoms with Crippen LogP contribution in [0.25, 0.3) is 10.2 Å². The summed E-state index contributed by atoms with van der Waals surface area (Å²) >= 11 is 1.57. The molecular weight excluding hydrogens is 308 g/mol. The number of aromatic nitrogens is 1. The van der Waals surface area contributed by atoms with Gasteiger partial charge >= 0.3 is 0 Å². The molecule has 3 rings (SSSR count). The van der Waals surface area contributed by atoms with Crippen molar-refractivity contribution < 1.29 is 9.90 Å². The van der Waals surface area contributed by atoms with Gasteiger partial charge in [0.15, 0.2) is 0 Å². The molecule has 0 saturated heterocycles. The van der Waals surface area contributed by atoms with E-state index in [-0.39, 0.29) is 12.3 Å². The van der Waals surface area contributed by atoms with Crippen LogP contribution in [0, 0.1) is 0 Å². The van der Waals surface area contributed by atoms with E-state index < -0.39 is 5.60 Å². The number of para-hydroxylation sites is 1. The van der Waals surface area contributed by atoms with Crippen molar-refractivity contribution in [1.29, 1.82) is 0 Å². The number of aliphatic hydroxyl groups is 1. The van der Waals surface area contributed by atoms with Crippen LogP contribution < -0.4 is 5.32 Å². The molecule has 2 aromatic carbocycles. The second-order valence-corrected chi connectivity index (χ2v) is 6.78. The van der Waals surface area contributed by atoms with Crippen LogP contribution in [0.2, 0.25) is 0 Å². The van der Waals surface area contributed by atoms with E-state index in [0.717, 1.165) is 20.8 Å². The molecule has 2 N–H and O–H groups in total. The lowest BCUT2D eigenvalue weighted by Gasteiger charge is -2.23. The minimum Gasteiger partial charge on any atom is -0.385 e. The number of nitrogens with one attached hydrogen (secondary N) is 1. The summed E-state index contributed by atoms with van der Waals surface area (Å²) in [6.45, 7) is 2.03. The van der Waals surface area contributed by atoms with Crippen LogP contribution >= 0.6 is 11.3 Å². The monoisotopic (exact) mass is 326 g/mol. The van der Waals surface area contributed by atoms with Crippen molar-refractivity contribution in [2.75, 3.05) is 0 Å². The first kappa shape index (κ1) is 15.6. The van der Waals surface area contributed by atoms with Crippen molar-refractivity contribution in [2.24, 2.45) is 0 Å². The van der Waals surface area contributed by atoms with Gasteiger partial charge in [-0.25, -0.2) is 4.98 Å². The van der Waals surface area contributed by atoms with Crippen LogP contribution in [0.5, 0.6) is 0 Å². The fourth-order valence-corrected chi connectivity index (χ4v) is 3.35. The van der Waals surface area contributed by atoms with Crippen molar-refractivity contribution >= 4 is 27.5 Å². The zero-order valence-electron chi connectivity index (χ0n) is 12.8. The highest BCUT2D eigenvalue weighted by molar-refractivity contribution is 7.18. The van der Waals surface area contributed by atoms with Gasteiger partial charge in [0.1, 0.15) is 5.01 Å². The fraction of sp³-hybridized carbons (Fsp3) is 0.222. The van der Waals surface area contributed by atoms with E-state index in [4.69, 9.17) is 0 Å². The van der Waals surface area contributed by atoms with E-state index in [1.807, 2.05) is 54.6 Å². The van der Waals surface area contributed by atoms with Crippen molar-refractivity contribution in [3.05, 3.63) is 65.2 Å². The quantitative estimate of drug-likeness (QED) is 0.757. The first-order valence-electron chi connectivity index (χ1n) is 7.44. The highest BCUT2D eigenvalue weighted by Crippen LogP contribution is 2.24. The molecule has 0 aliphatic carbocycles. The second kappa shape index (κ2) is 6.48. The van der Waals surface area contributed by atoms with Crippen molar-refractivity contribution in [1.82, 2.24) is 10.3 Å². The van der Waals surface area contributed by atoms with E-state index in [2.05, 4.69) is 10.3 Å². The van der Waals surface area contributed by atoms with E-state index in [1.165, 1.54) is 0 Å². The molecule has 1 unspecified atom stereocenters.